The fourth-order valence-corrected chi connectivity index (χ4v) is 3.34. The molecule has 22 heavy (non-hydrogen) atoms. The summed E-state index contributed by atoms with van der Waals surface area (Å²) in [4.78, 5) is 0. The summed E-state index contributed by atoms with van der Waals surface area (Å²) in [5.41, 5.74) is 8.02. The molecule has 108 valence electrons. The van der Waals surface area contributed by atoms with E-state index in [-0.39, 0.29) is 0 Å². The lowest BCUT2D eigenvalue weighted by Crippen LogP contribution is -2.07. The molecule has 1 heterocycles. The van der Waals surface area contributed by atoms with E-state index in [1.54, 1.807) is 0 Å². The fourth-order valence-electron chi connectivity index (χ4n) is 3.34. The largest absolute Gasteiger partial charge is 0.378 e. The lowest BCUT2D eigenvalue weighted by molar-refractivity contribution is 0.816. The van der Waals surface area contributed by atoms with Gasteiger partial charge < -0.3 is 5.32 Å². The standard InChI is InChI=1S/C21H19N/c1-15-7-5-6-10-19(15)21-14-18-13-17(11-12-20(18)22-21)16-8-3-2-4-9-16/h2-13,21-22H,14H2,1H3. The van der Waals surface area contributed by atoms with Gasteiger partial charge in [0.25, 0.3) is 0 Å². The number of hydrogen-bond acceptors (Lipinski definition) is 1. The Labute approximate surface area is 131 Å². The van der Waals surface area contributed by atoms with Crippen molar-refractivity contribution in [3.63, 3.8) is 0 Å². The maximum absolute atomic E-state index is 3.67. The highest BCUT2D eigenvalue weighted by atomic mass is 14.9. The van der Waals surface area contributed by atoms with Crippen LogP contribution in [-0.2, 0) is 6.42 Å². The first-order valence-electron chi connectivity index (χ1n) is 7.82. The summed E-state index contributed by atoms with van der Waals surface area (Å²) in [5.74, 6) is 0. The third-order valence-corrected chi connectivity index (χ3v) is 4.53. The summed E-state index contributed by atoms with van der Waals surface area (Å²) >= 11 is 0. The quantitative estimate of drug-likeness (QED) is 0.667. The summed E-state index contributed by atoms with van der Waals surface area (Å²) in [7, 11) is 0. The van der Waals surface area contributed by atoms with E-state index in [0.29, 0.717) is 6.04 Å². The van der Waals surface area contributed by atoms with E-state index < -0.39 is 0 Å². The van der Waals surface area contributed by atoms with Crippen molar-refractivity contribution in [2.24, 2.45) is 0 Å². The molecule has 0 aromatic heterocycles. The van der Waals surface area contributed by atoms with Gasteiger partial charge in [0, 0.05) is 5.69 Å². The van der Waals surface area contributed by atoms with Crippen molar-refractivity contribution in [1.82, 2.24) is 0 Å². The molecule has 4 rings (SSSR count). The Morgan fingerprint density at radius 3 is 2.41 bits per heavy atom. The molecule has 0 bridgehead atoms. The van der Waals surface area contributed by atoms with E-state index in [1.807, 2.05) is 0 Å². The number of benzene rings is 3. The first kappa shape index (κ1) is 13.1. The molecule has 0 saturated carbocycles. The molecule has 0 spiro atoms. The van der Waals surface area contributed by atoms with Crippen molar-refractivity contribution in [1.29, 1.82) is 0 Å². The fraction of sp³-hybridized carbons (Fsp3) is 0.143. The molecule has 1 atom stereocenters. The van der Waals surface area contributed by atoms with Crippen molar-refractivity contribution < 1.29 is 0 Å². The van der Waals surface area contributed by atoms with Gasteiger partial charge in [0.2, 0.25) is 0 Å². The van der Waals surface area contributed by atoms with Gasteiger partial charge in [-0.05, 0) is 53.3 Å². The maximum Gasteiger partial charge on any atom is 0.0557 e. The Morgan fingerprint density at radius 2 is 1.59 bits per heavy atom. The van der Waals surface area contributed by atoms with E-state index in [9.17, 15) is 0 Å². The molecule has 0 amide bonds. The zero-order valence-corrected chi connectivity index (χ0v) is 12.7. The maximum atomic E-state index is 3.67. The molecule has 1 heteroatoms. The zero-order valence-electron chi connectivity index (χ0n) is 12.7. The molecule has 0 saturated heterocycles. The van der Waals surface area contributed by atoms with Gasteiger partial charge in [-0.2, -0.15) is 0 Å². The molecule has 1 N–H and O–H groups in total. The Hall–Kier alpha value is -2.54. The molecule has 3 aromatic rings. The highest BCUT2D eigenvalue weighted by molar-refractivity contribution is 5.70. The molecule has 0 aliphatic carbocycles. The summed E-state index contributed by atoms with van der Waals surface area (Å²) in [5, 5.41) is 3.67. The molecular formula is C21H19N. The molecule has 1 nitrogen and oxygen atoms in total. The first-order chi connectivity index (χ1) is 10.8. The van der Waals surface area contributed by atoms with Gasteiger partial charge in [-0.25, -0.2) is 0 Å². The van der Waals surface area contributed by atoms with Crippen LogP contribution in [0.15, 0.2) is 72.8 Å². The number of nitrogens with one attached hydrogen (secondary N) is 1. The summed E-state index contributed by atoms with van der Waals surface area (Å²) in [6.07, 6.45) is 1.06. The second-order valence-corrected chi connectivity index (χ2v) is 6.00. The van der Waals surface area contributed by atoms with Gasteiger partial charge in [-0.3, -0.25) is 0 Å². The van der Waals surface area contributed by atoms with Gasteiger partial charge in [0.15, 0.2) is 0 Å². The van der Waals surface area contributed by atoms with Gasteiger partial charge in [-0.15, -0.1) is 0 Å². The van der Waals surface area contributed by atoms with Crippen LogP contribution in [-0.4, -0.2) is 0 Å². The average Bonchev–Trinajstić information content (AvgIpc) is 2.99. The summed E-state index contributed by atoms with van der Waals surface area (Å²) in [6, 6.07) is 26.4. The van der Waals surface area contributed by atoms with Crippen molar-refractivity contribution in [2.75, 3.05) is 5.32 Å². The van der Waals surface area contributed by atoms with Crippen LogP contribution in [0.3, 0.4) is 0 Å². The second kappa shape index (κ2) is 5.34. The smallest absolute Gasteiger partial charge is 0.0557 e. The molecule has 1 unspecified atom stereocenters. The van der Waals surface area contributed by atoms with Gasteiger partial charge in [0.05, 0.1) is 6.04 Å². The SMILES string of the molecule is Cc1ccccc1C1Cc2cc(-c3ccccc3)ccc2N1. The molecule has 0 radical (unpaired) electrons. The number of fused-ring (bicyclic) bond motifs is 1. The summed E-state index contributed by atoms with van der Waals surface area (Å²) < 4.78 is 0. The highest BCUT2D eigenvalue weighted by Crippen LogP contribution is 2.37. The van der Waals surface area contributed by atoms with E-state index in [0.717, 1.165) is 6.42 Å². The number of aryl methyl sites for hydroxylation is 1. The Bertz CT molecular complexity index is 805. The lowest BCUT2D eigenvalue weighted by atomic mass is 9.97. The molecule has 1 aliphatic heterocycles. The van der Waals surface area contributed by atoms with Crippen LogP contribution >= 0.6 is 0 Å². The Balaban J connectivity index is 1.66. The van der Waals surface area contributed by atoms with Gasteiger partial charge >= 0.3 is 0 Å². The van der Waals surface area contributed by atoms with Crippen LogP contribution < -0.4 is 5.32 Å². The summed E-state index contributed by atoms with van der Waals surface area (Å²) in [6.45, 7) is 2.19. The molecule has 3 aromatic carbocycles. The molecule has 1 aliphatic rings. The van der Waals surface area contributed by atoms with Crippen molar-refractivity contribution >= 4 is 5.69 Å². The van der Waals surface area contributed by atoms with E-state index >= 15 is 0 Å². The van der Waals surface area contributed by atoms with Gasteiger partial charge in [-0.1, -0.05) is 60.7 Å². The van der Waals surface area contributed by atoms with Crippen molar-refractivity contribution in [2.45, 2.75) is 19.4 Å². The predicted octanol–water partition coefficient (Wildman–Crippen LogP) is 5.37. The molecular weight excluding hydrogens is 266 g/mol. The van der Waals surface area contributed by atoms with Crippen LogP contribution in [0.1, 0.15) is 22.7 Å². The van der Waals surface area contributed by atoms with Crippen molar-refractivity contribution in [3.05, 3.63) is 89.5 Å². The van der Waals surface area contributed by atoms with Crippen molar-refractivity contribution in [3.8, 4) is 11.1 Å². The predicted molar refractivity (Wildman–Crippen MR) is 93.1 cm³/mol. The van der Waals surface area contributed by atoms with Crippen LogP contribution in [0.25, 0.3) is 11.1 Å². The minimum atomic E-state index is 0.391. The van der Waals surface area contributed by atoms with Crippen LogP contribution in [0.4, 0.5) is 5.69 Å². The topological polar surface area (TPSA) is 12.0 Å². The average molecular weight is 285 g/mol. The normalized spacial score (nSPS) is 16.1. The van der Waals surface area contributed by atoms with Gasteiger partial charge in [0.1, 0.15) is 0 Å². The number of rotatable bonds is 2. The molecule has 0 fully saturated rings. The van der Waals surface area contributed by atoms with E-state index in [2.05, 4.69) is 85.0 Å². The van der Waals surface area contributed by atoms with E-state index in [4.69, 9.17) is 0 Å². The number of anilines is 1. The lowest BCUT2D eigenvalue weighted by Gasteiger charge is -2.14. The van der Waals surface area contributed by atoms with E-state index in [1.165, 1.54) is 33.5 Å². The minimum absolute atomic E-state index is 0.391. The minimum Gasteiger partial charge on any atom is -0.378 e. The highest BCUT2D eigenvalue weighted by Gasteiger charge is 2.23. The zero-order chi connectivity index (χ0) is 14.9. The Morgan fingerprint density at radius 1 is 0.818 bits per heavy atom. The third-order valence-electron chi connectivity index (χ3n) is 4.53. The Kier molecular flexibility index (Phi) is 3.19. The third kappa shape index (κ3) is 2.29. The van der Waals surface area contributed by atoms with Crippen LogP contribution in [0, 0.1) is 6.92 Å². The number of hydrogen-bond donors (Lipinski definition) is 1. The first-order valence-corrected chi connectivity index (χ1v) is 7.82. The van der Waals surface area contributed by atoms with Crippen LogP contribution in [0.2, 0.25) is 0 Å². The second-order valence-electron chi connectivity index (χ2n) is 6.00. The monoisotopic (exact) mass is 285 g/mol. The van der Waals surface area contributed by atoms with Crippen LogP contribution in [0.5, 0.6) is 0 Å².